The van der Waals surface area contributed by atoms with E-state index < -0.39 is 11.4 Å². The minimum atomic E-state index is -2.58. The van der Waals surface area contributed by atoms with Gasteiger partial charge in [-0.2, -0.15) is 0 Å². The standard InChI is InChI=1S/C8H12O4S/c1-8(2)4-6(9)3-7(5-8)12-13(10)11/h3H,4-5H2,1-2H3,(H,10,11)/p-1. The van der Waals surface area contributed by atoms with E-state index in [1.807, 2.05) is 13.8 Å². The highest BCUT2D eigenvalue weighted by atomic mass is 32.2. The van der Waals surface area contributed by atoms with Gasteiger partial charge < -0.3 is 8.74 Å². The predicted molar refractivity (Wildman–Crippen MR) is 46.1 cm³/mol. The van der Waals surface area contributed by atoms with E-state index in [-0.39, 0.29) is 17.0 Å². The topological polar surface area (TPSA) is 66.4 Å². The second-order valence-corrected chi connectivity index (χ2v) is 4.46. The van der Waals surface area contributed by atoms with Gasteiger partial charge in [0.1, 0.15) is 17.1 Å². The van der Waals surface area contributed by atoms with Gasteiger partial charge in [-0.15, -0.1) is 0 Å². The molecule has 1 atom stereocenters. The van der Waals surface area contributed by atoms with Gasteiger partial charge in [-0.25, -0.2) is 4.21 Å². The summed E-state index contributed by atoms with van der Waals surface area (Å²) in [6.07, 6.45) is 2.17. The molecule has 0 aliphatic heterocycles. The van der Waals surface area contributed by atoms with Gasteiger partial charge in [0.2, 0.25) is 0 Å². The van der Waals surface area contributed by atoms with Crippen LogP contribution in [0.2, 0.25) is 0 Å². The maximum Gasteiger partial charge on any atom is 0.159 e. The molecule has 0 aromatic carbocycles. The number of hydrogen-bond acceptors (Lipinski definition) is 4. The Morgan fingerprint density at radius 3 is 2.62 bits per heavy atom. The largest absolute Gasteiger partial charge is 0.740 e. The molecule has 1 aliphatic rings. The lowest BCUT2D eigenvalue weighted by Gasteiger charge is -2.28. The summed E-state index contributed by atoms with van der Waals surface area (Å²) in [5, 5.41) is 0. The predicted octanol–water partition coefficient (Wildman–Crippen LogP) is 1.07. The normalized spacial score (nSPS) is 23.6. The molecule has 1 aliphatic carbocycles. The molecule has 0 heterocycles. The Morgan fingerprint density at radius 1 is 1.54 bits per heavy atom. The summed E-state index contributed by atoms with van der Waals surface area (Å²) in [5.74, 6) is 0.145. The summed E-state index contributed by atoms with van der Waals surface area (Å²) in [6, 6.07) is 0. The third-order valence-electron chi connectivity index (χ3n) is 1.80. The molecule has 13 heavy (non-hydrogen) atoms. The van der Waals surface area contributed by atoms with Crippen LogP contribution in [0.4, 0.5) is 0 Å². The van der Waals surface area contributed by atoms with Gasteiger partial charge in [0.25, 0.3) is 0 Å². The van der Waals surface area contributed by atoms with Crippen LogP contribution in [0.3, 0.4) is 0 Å². The third kappa shape index (κ3) is 3.28. The fraction of sp³-hybridized carbons (Fsp3) is 0.625. The van der Waals surface area contributed by atoms with Crippen LogP contribution in [0, 0.1) is 5.41 Å². The molecule has 0 radical (unpaired) electrons. The Kier molecular flexibility index (Phi) is 2.87. The molecular formula is C8H11O4S-. The first-order chi connectivity index (χ1) is 5.89. The Morgan fingerprint density at radius 2 is 2.15 bits per heavy atom. The van der Waals surface area contributed by atoms with Gasteiger partial charge in [-0.05, 0) is 5.41 Å². The molecular weight excluding hydrogens is 192 g/mol. The minimum absolute atomic E-state index is 0.0864. The first kappa shape index (κ1) is 10.4. The zero-order chi connectivity index (χ0) is 10.1. The van der Waals surface area contributed by atoms with Crippen LogP contribution < -0.4 is 0 Å². The Bertz CT molecular complexity index is 280. The number of hydrogen-bond donors (Lipinski definition) is 0. The van der Waals surface area contributed by atoms with E-state index in [2.05, 4.69) is 4.18 Å². The minimum Gasteiger partial charge on any atom is -0.740 e. The molecule has 4 nitrogen and oxygen atoms in total. The van der Waals surface area contributed by atoms with E-state index in [9.17, 15) is 13.6 Å². The lowest BCUT2D eigenvalue weighted by Crippen LogP contribution is -2.22. The average Bonchev–Trinajstić information content (AvgIpc) is 1.78. The molecule has 0 saturated carbocycles. The number of carbonyl (C=O) groups excluding carboxylic acids is 1. The van der Waals surface area contributed by atoms with Gasteiger partial charge in [0.15, 0.2) is 5.78 Å². The van der Waals surface area contributed by atoms with Crippen molar-refractivity contribution in [2.45, 2.75) is 26.7 Å². The third-order valence-corrected chi connectivity index (χ3v) is 2.15. The molecule has 74 valence electrons. The SMILES string of the molecule is CC1(C)CC(=O)C=C(OS(=O)[O-])C1. The monoisotopic (exact) mass is 203 g/mol. The van der Waals surface area contributed by atoms with Crippen molar-refractivity contribution in [2.24, 2.45) is 5.41 Å². The molecule has 0 spiro atoms. The van der Waals surface area contributed by atoms with Crippen molar-refractivity contribution in [1.82, 2.24) is 0 Å². The molecule has 1 unspecified atom stereocenters. The summed E-state index contributed by atoms with van der Waals surface area (Å²) < 4.78 is 24.9. The Hall–Kier alpha value is -0.680. The van der Waals surface area contributed by atoms with Crippen molar-refractivity contribution in [3.8, 4) is 0 Å². The van der Waals surface area contributed by atoms with Crippen LogP contribution in [0.5, 0.6) is 0 Å². The van der Waals surface area contributed by atoms with Crippen molar-refractivity contribution in [3.63, 3.8) is 0 Å². The lowest BCUT2D eigenvalue weighted by atomic mass is 9.80. The smallest absolute Gasteiger partial charge is 0.159 e. The van der Waals surface area contributed by atoms with E-state index in [4.69, 9.17) is 0 Å². The maximum absolute atomic E-state index is 11.1. The number of rotatable bonds is 2. The van der Waals surface area contributed by atoms with Crippen LogP contribution in [0.25, 0.3) is 0 Å². The fourth-order valence-corrected chi connectivity index (χ4v) is 1.71. The second-order valence-electron chi connectivity index (χ2n) is 3.88. The van der Waals surface area contributed by atoms with Crippen molar-refractivity contribution in [3.05, 3.63) is 11.8 Å². The van der Waals surface area contributed by atoms with Crippen molar-refractivity contribution < 1.29 is 17.7 Å². The molecule has 0 fully saturated rings. The summed E-state index contributed by atoms with van der Waals surface area (Å²) in [7, 11) is 0. The van der Waals surface area contributed by atoms with Crippen LogP contribution in [0.15, 0.2) is 11.8 Å². The van der Waals surface area contributed by atoms with Gasteiger partial charge in [-0.3, -0.25) is 4.79 Å². The zero-order valence-corrected chi connectivity index (χ0v) is 8.35. The molecule has 0 bridgehead atoms. The van der Waals surface area contributed by atoms with E-state index in [1.165, 1.54) is 6.08 Å². The van der Waals surface area contributed by atoms with Crippen LogP contribution >= 0.6 is 0 Å². The summed E-state index contributed by atoms with van der Waals surface area (Å²) >= 11 is -2.58. The number of carbonyl (C=O) groups is 1. The van der Waals surface area contributed by atoms with Crippen molar-refractivity contribution in [2.75, 3.05) is 0 Å². The highest BCUT2D eigenvalue weighted by Gasteiger charge is 2.28. The Labute approximate surface area is 79.5 Å². The van der Waals surface area contributed by atoms with Crippen LogP contribution in [0.1, 0.15) is 26.7 Å². The number of allylic oxidation sites excluding steroid dienone is 2. The van der Waals surface area contributed by atoms with Crippen molar-refractivity contribution >= 4 is 17.1 Å². The lowest BCUT2D eigenvalue weighted by molar-refractivity contribution is -0.117. The summed E-state index contributed by atoms with van der Waals surface area (Å²) in [6.45, 7) is 3.80. The first-order valence-corrected chi connectivity index (χ1v) is 4.90. The first-order valence-electron chi connectivity index (χ1n) is 3.90. The number of ketones is 1. The average molecular weight is 203 g/mol. The van der Waals surface area contributed by atoms with Crippen LogP contribution in [-0.4, -0.2) is 14.5 Å². The van der Waals surface area contributed by atoms with Gasteiger partial charge in [0.05, 0.1) is 0 Å². The maximum atomic E-state index is 11.1. The summed E-state index contributed by atoms with van der Waals surface area (Å²) in [4.78, 5) is 11.1. The summed E-state index contributed by atoms with van der Waals surface area (Å²) in [5.41, 5.74) is -0.208. The molecule has 5 heteroatoms. The zero-order valence-electron chi connectivity index (χ0n) is 7.53. The molecule has 0 aromatic heterocycles. The van der Waals surface area contributed by atoms with Crippen LogP contribution in [-0.2, 0) is 20.3 Å². The molecule has 0 saturated heterocycles. The van der Waals surface area contributed by atoms with E-state index in [0.29, 0.717) is 12.8 Å². The van der Waals surface area contributed by atoms with Crippen molar-refractivity contribution in [1.29, 1.82) is 0 Å². The quantitative estimate of drug-likeness (QED) is 0.629. The fourth-order valence-electron chi connectivity index (χ4n) is 1.43. The van der Waals surface area contributed by atoms with Gasteiger partial charge in [0, 0.05) is 18.9 Å². The highest BCUT2D eigenvalue weighted by molar-refractivity contribution is 7.74. The van der Waals surface area contributed by atoms with E-state index in [0.717, 1.165) is 0 Å². The second kappa shape index (κ2) is 3.59. The molecule has 0 aromatic rings. The van der Waals surface area contributed by atoms with Gasteiger partial charge >= 0.3 is 0 Å². The molecule has 0 amide bonds. The van der Waals surface area contributed by atoms with E-state index >= 15 is 0 Å². The molecule has 0 N–H and O–H groups in total. The highest BCUT2D eigenvalue weighted by Crippen LogP contribution is 2.34. The Balaban J connectivity index is 2.75. The van der Waals surface area contributed by atoms with E-state index in [1.54, 1.807) is 0 Å². The van der Waals surface area contributed by atoms with Gasteiger partial charge in [-0.1, -0.05) is 13.8 Å². The molecule has 1 rings (SSSR count).